The molecule has 0 atom stereocenters. The molecular weight excluding hydrogens is 272 g/mol. The average molecular weight is 294 g/mol. The molecule has 110 valence electrons. The van der Waals surface area contributed by atoms with Crippen molar-refractivity contribution in [2.24, 2.45) is 5.92 Å². The summed E-state index contributed by atoms with van der Waals surface area (Å²) >= 11 is 0. The van der Waals surface area contributed by atoms with Gasteiger partial charge < -0.3 is 5.11 Å². The third-order valence-corrected chi connectivity index (χ3v) is 5.04. The van der Waals surface area contributed by atoms with Crippen molar-refractivity contribution < 1.29 is 13.5 Å². The summed E-state index contributed by atoms with van der Waals surface area (Å²) in [7, 11) is -3.16. The van der Waals surface area contributed by atoms with E-state index in [0.717, 1.165) is 11.1 Å². The van der Waals surface area contributed by atoms with Crippen molar-refractivity contribution in [1.29, 1.82) is 0 Å². The van der Waals surface area contributed by atoms with E-state index in [9.17, 15) is 13.5 Å². The average Bonchev–Trinajstić information content (AvgIpc) is 2.45. The molecule has 0 unspecified atom stereocenters. The Bertz CT molecular complexity index is 564. The van der Waals surface area contributed by atoms with Crippen LogP contribution in [0.2, 0.25) is 0 Å². The Morgan fingerprint density at radius 3 is 2.30 bits per heavy atom. The van der Waals surface area contributed by atoms with Gasteiger partial charge in [0.15, 0.2) is 9.84 Å². The van der Waals surface area contributed by atoms with E-state index in [1.165, 1.54) is 38.4 Å². The van der Waals surface area contributed by atoms with Crippen LogP contribution in [0.15, 0.2) is 35.2 Å². The van der Waals surface area contributed by atoms with Gasteiger partial charge in [0.2, 0.25) is 0 Å². The number of aliphatic hydroxyl groups is 1. The highest BCUT2D eigenvalue weighted by Crippen LogP contribution is 2.28. The predicted octanol–water partition coefficient (Wildman–Crippen LogP) is 3.05. The molecule has 1 aliphatic rings. The van der Waals surface area contributed by atoms with E-state index >= 15 is 0 Å². The van der Waals surface area contributed by atoms with Gasteiger partial charge in [0.05, 0.1) is 11.5 Å². The maximum Gasteiger partial charge on any atom is 0.175 e. The Morgan fingerprint density at radius 2 is 1.80 bits per heavy atom. The minimum Gasteiger partial charge on any atom is -0.392 e. The van der Waals surface area contributed by atoms with Gasteiger partial charge in [-0.15, -0.1) is 0 Å². The molecule has 0 amide bonds. The highest BCUT2D eigenvalue weighted by atomic mass is 32.2. The van der Waals surface area contributed by atoms with Crippen LogP contribution in [-0.2, 0) is 9.84 Å². The Balaban J connectivity index is 2.21. The fraction of sp³-hybridized carbons (Fsp3) is 0.500. The first-order chi connectivity index (χ1) is 9.50. The van der Waals surface area contributed by atoms with Crippen molar-refractivity contribution >= 4 is 15.4 Å². The normalized spacial score (nSPS) is 18.2. The molecule has 2 rings (SSSR count). The van der Waals surface area contributed by atoms with Crippen LogP contribution >= 0.6 is 0 Å². The van der Waals surface area contributed by atoms with Crippen LogP contribution in [0.25, 0.3) is 5.57 Å². The lowest BCUT2D eigenvalue weighted by Crippen LogP contribution is -2.05. The summed E-state index contributed by atoms with van der Waals surface area (Å²) in [5.74, 6) is 0.542. The van der Waals surface area contributed by atoms with Crippen molar-refractivity contribution in [3.8, 4) is 0 Å². The second-order valence-electron chi connectivity index (χ2n) is 5.54. The third-order valence-electron chi connectivity index (χ3n) is 3.91. The lowest BCUT2D eigenvalue weighted by molar-refractivity contribution is 0.347. The topological polar surface area (TPSA) is 54.4 Å². The largest absolute Gasteiger partial charge is 0.392 e. The fourth-order valence-corrected chi connectivity index (χ4v) is 3.37. The number of rotatable bonds is 4. The zero-order chi connectivity index (χ0) is 14.6. The van der Waals surface area contributed by atoms with Crippen LogP contribution in [0.1, 0.15) is 37.7 Å². The van der Waals surface area contributed by atoms with Gasteiger partial charge in [-0.3, -0.25) is 0 Å². The Kier molecular flexibility index (Phi) is 5.00. The Morgan fingerprint density at radius 1 is 1.20 bits per heavy atom. The van der Waals surface area contributed by atoms with Gasteiger partial charge in [0.1, 0.15) is 0 Å². The maximum absolute atomic E-state index is 11.4. The van der Waals surface area contributed by atoms with Gasteiger partial charge in [-0.2, -0.15) is 0 Å². The van der Waals surface area contributed by atoms with Gasteiger partial charge in [-0.25, -0.2) is 8.42 Å². The quantitative estimate of drug-likeness (QED) is 0.928. The summed E-state index contributed by atoms with van der Waals surface area (Å²) in [4.78, 5) is 0.316. The summed E-state index contributed by atoms with van der Waals surface area (Å²) in [5, 5.41) is 9.55. The lowest BCUT2D eigenvalue weighted by Gasteiger charge is -2.19. The second kappa shape index (κ2) is 6.55. The summed E-state index contributed by atoms with van der Waals surface area (Å²) in [6, 6.07) is 6.77. The summed E-state index contributed by atoms with van der Waals surface area (Å²) in [5.41, 5.74) is 1.81. The minimum atomic E-state index is -3.16. The smallest absolute Gasteiger partial charge is 0.175 e. The van der Waals surface area contributed by atoms with Gasteiger partial charge >= 0.3 is 0 Å². The van der Waals surface area contributed by atoms with Crippen LogP contribution in [0.5, 0.6) is 0 Å². The number of sulfone groups is 1. The Hall–Kier alpha value is -1.13. The SMILES string of the molecule is CS(=O)(=O)c1ccc(C(=CC2CCCCC2)CO)cc1. The monoisotopic (exact) mass is 294 g/mol. The molecule has 1 fully saturated rings. The lowest BCUT2D eigenvalue weighted by atomic mass is 9.87. The highest BCUT2D eigenvalue weighted by Gasteiger charge is 2.13. The highest BCUT2D eigenvalue weighted by molar-refractivity contribution is 7.90. The van der Waals surface area contributed by atoms with Crippen LogP contribution < -0.4 is 0 Å². The molecule has 4 heteroatoms. The molecule has 20 heavy (non-hydrogen) atoms. The standard InChI is InChI=1S/C16H22O3S/c1-20(18,19)16-9-7-14(8-10-16)15(12-17)11-13-5-3-2-4-6-13/h7-11,13,17H,2-6,12H2,1H3. The van der Waals surface area contributed by atoms with E-state index in [1.54, 1.807) is 24.3 Å². The fourth-order valence-electron chi connectivity index (χ4n) is 2.74. The number of hydrogen-bond acceptors (Lipinski definition) is 3. The van der Waals surface area contributed by atoms with Crippen molar-refractivity contribution in [2.45, 2.75) is 37.0 Å². The summed E-state index contributed by atoms with van der Waals surface area (Å²) in [6.07, 6.45) is 9.55. The molecule has 1 N–H and O–H groups in total. The molecule has 1 aliphatic carbocycles. The van der Waals surface area contributed by atoms with Crippen LogP contribution in [0.3, 0.4) is 0 Å². The van der Waals surface area contributed by atoms with Gasteiger partial charge in [-0.1, -0.05) is 37.5 Å². The predicted molar refractivity (Wildman–Crippen MR) is 81.2 cm³/mol. The molecule has 1 saturated carbocycles. The van der Waals surface area contributed by atoms with E-state index < -0.39 is 9.84 Å². The van der Waals surface area contributed by atoms with Crippen LogP contribution in [0.4, 0.5) is 0 Å². The molecule has 0 saturated heterocycles. The Labute approximate surface area is 121 Å². The van der Waals surface area contributed by atoms with Gasteiger partial charge in [0, 0.05) is 6.26 Å². The first-order valence-electron chi connectivity index (χ1n) is 7.13. The molecule has 0 radical (unpaired) electrons. The molecule has 1 aromatic rings. The number of benzene rings is 1. The molecular formula is C16H22O3S. The maximum atomic E-state index is 11.4. The second-order valence-corrected chi connectivity index (χ2v) is 7.56. The molecule has 0 spiro atoms. The van der Waals surface area contributed by atoms with Crippen molar-refractivity contribution in [3.63, 3.8) is 0 Å². The van der Waals surface area contributed by atoms with Crippen molar-refractivity contribution in [1.82, 2.24) is 0 Å². The molecule has 1 aromatic carbocycles. The number of allylic oxidation sites excluding steroid dienone is 1. The van der Waals surface area contributed by atoms with E-state index in [1.807, 2.05) is 0 Å². The van der Waals surface area contributed by atoms with Crippen LogP contribution in [0, 0.1) is 5.92 Å². The van der Waals surface area contributed by atoms with Crippen molar-refractivity contribution in [2.75, 3.05) is 12.9 Å². The first kappa shape index (κ1) is 15.3. The molecule has 0 aliphatic heterocycles. The zero-order valence-corrected chi connectivity index (χ0v) is 12.7. The first-order valence-corrected chi connectivity index (χ1v) is 9.02. The van der Waals surface area contributed by atoms with Gasteiger partial charge in [0.25, 0.3) is 0 Å². The van der Waals surface area contributed by atoms with Crippen molar-refractivity contribution in [3.05, 3.63) is 35.9 Å². The molecule has 0 aromatic heterocycles. The van der Waals surface area contributed by atoms with Crippen LogP contribution in [-0.4, -0.2) is 26.4 Å². The van der Waals surface area contributed by atoms with E-state index in [2.05, 4.69) is 6.08 Å². The molecule has 0 heterocycles. The zero-order valence-electron chi connectivity index (χ0n) is 11.9. The van der Waals surface area contributed by atoms with E-state index in [-0.39, 0.29) is 6.61 Å². The third kappa shape index (κ3) is 3.93. The van der Waals surface area contributed by atoms with Gasteiger partial charge in [-0.05, 0) is 42.0 Å². The minimum absolute atomic E-state index is 0.00524. The summed E-state index contributed by atoms with van der Waals surface area (Å²) < 4.78 is 22.9. The van der Waals surface area contributed by atoms with E-state index in [0.29, 0.717) is 10.8 Å². The summed E-state index contributed by atoms with van der Waals surface area (Å²) in [6.45, 7) is -0.00524. The number of hydrogen-bond donors (Lipinski definition) is 1. The molecule has 0 bridgehead atoms. The number of aliphatic hydroxyl groups excluding tert-OH is 1. The molecule has 3 nitrogen and oxygen atoms in total. The van der Waals surface area contributed by atoms with E-state index in [4.69, 9.17) is 0 Å².